The first kappa shape index (κ1) is 10.1. The lowest BCUT2D eigenvalue weighted by Gasteiger charge is -2.01. The minimum Gasteiger partial charge on any atom is -0.286 e. The molecule has 0 aliphatic rings. The molecule has 3 rings (SSSR count). The quantitative estimate of drug-likeness (QED) is 0.616. The molecule has 0 unspecified atom stereocenters. The van der Waals surface area contributed by atoms with Crippen LogP contribution in [0.1, 0.15) is 4.88 Å². The van der Waals surface area contributed by atoms with Crippen LogP contribution in [-0.2, 0) is 0 Å². The van der Waals surface area contributed by atoms with Crippen LogP contribution in [0.15, 0.2) is 41.1 Å². The number of thiophene rings is 1. The molecule has 0 spiro atoms. The first-order valence-corrected chi connectivity index (χ1v) is 6.55. The summed E-state index contributed by atoms with van der Waals surface area (Å²) in [5.74, 6) is 1.00. The van der Waals surface area contributed by atoms with E-state index in [2.05, 4.69) is 50.4 Å². The normalized spacial score (nSPS) is 11.1. The first-order valence-electron chi connectivity index (χ1n) is 4.94. The van der Waals surface area contributed by atoms with Gasteiger partial charge in [-0.25, -0.2) is 4.98 Å². The summed E-state index contributed by atoms with van der Waals surface area (Å²) in [6.45, 7) is 2.11. The summed E-state index contributed by atoms with van der Waals surface area (Å²) in [5.41, 5.74) is 1.11. The van der Waals surface area contributed by atoms with Crippen LogP contribution in [0.5, 0.6) is 0 Å². The SMILES string of the molecule is Cc1ccc(-c2ncc3cccc(Br)n23)s1. The van der Waals surface area contributed by atoms with Crippen LogP contribution in [0.3, 0.4) is 0 Å². The zero-order chi connectivity index (χ0) is 11.1. The summed E-state index contributed by atoms with van der Waals surface area (Å²) in [6, 6.07) is 10.3. The average Bonchev–Trinajstić information content (AvgIpc) is 2.84. The molecule has 80 valence electrons. The van der Waals surface area contributed by atoms with Crippen molar-refractivity contribution in [1.29, 1.82) is 0 Å². The smallest absolute Gasteiger partial charge is 0.155 e. The van der Waals surface area contributed by atoms with Crippen LogP contribution in [0.2, 0.25) is 0 Å². The van der Waals surface area contributed by atoms with Gasteiger partial charge in [-0.05, 0) is 47.1 Å². The zero-order valence-electron chi connectivity index (χ0n) is 8.64. The van der Waals surface area contributed by atoms with Gasteiger partial charge in [0.2, 0.25) is 0 Å². The van der Waals surface area contributed by atoms with Crippen molar-refractivity contribution in [3.05, 3.63) is 46.0 Å². The Labute approximate surface area is 106 Å². The maximum absolute atomic E-state index is 4.48. The molecule has 0 aliphatic carbocycles. The van der Waals surface area contributed by atoms with Gasteiger partial charge in [0.15, 0.2) is 5.82 Å². The van der Waals surface area contributed by atoms with E-state index in [1.54, 1.807) is 11.3 Å². The van der Waals surface area contributed by atoms with Crippen LogP contribution in [0, 0.1) is 6.92 Å². The third kappa shape index (κ3) is 1.49. The van der Waals surface area contributed by atoms with Crippen LogP contribution in [-0.4, -0.2) is 9.38 Å². The highest BCUT2D eigenvalue weighted by Gasteiger charge is 2.09. The molecule has 3 aromatic heterocycles. The summed E-state index contributed by atoms with van der Waals surface area (Å²) < 4.78 is 3.15. The topological polar surface area (TPSA) is 17.3 Å². The van der Waals surface area contributed by atoms with Crippen molar-refractivity contribution < 1.29 is 0 Å². The Morgan fingerprint density at radius 3 is 2.88 bits per heavy atom. The average molecular weight is 293 g/mol. The number of rotatable bonds is 1. The molecule has 0 radical (unpaired) electrons. The number of hydrogen-bond acceptors (Lipinski definition) is 2. The van der Waals surface area contributed by atoms with Gasteiger partial charge >= 0.3 is 0 Å². The lowest BCUT2D eigenvalue weighted by atomic mass is 10.4. The van der Waals surface area contributed by atoms with E-state index in [-0.39, 0.29) is 0 Å². The molecule has 2 nitrogen and oxygen atoms in total. The monoisotopic (exact) mass is 292 g/mol. The molecule has 4 heteroatoms. The van der Waals surface area contributed by atoms with Crippen LogP contribution < -0.4 is 0 Å². The lowest BCUT2D eigenvalue weighted by Crippen LogP contribution is -1.88. The standard InChI is InChI=1S/C12H9BrN2S/c1-8-5-6-10(16-8)12-14-7-9-3-2-4-11(13)15(9)12/h2-7H,1H3. The fraction of sp³-hybridized carbons (Fsp3) is 0.0833. The number of fused-ring (bicyclic) bond motifs is 1. The molecule has 0 saturated carbocycles. The Morgan fingerprint density at radius 1 is 1.25 bits per heavy atom. The Bertz CT molecular complexity index is 654. The van der Waals surface area contributed by atoms with Crippen molar-refractivity contribution >= 4 is 32.8 Å². The fourth-order valence-electron chi connectivity index (χ4n) is 1.74. The van der Waals surface area contributed by atoms with Crippen molar-refractivity contribution in [1.82, 2.24) is 9.38 Å². The van der Waals surface area contributed by atoms with E-state index >= 15 is 0 Å². The second-order valence-electron chi connectivity index (χ2n) is 3.60. The second kappa shape index (κ2) is 3.71. The molecule has 0 amide bonds. The largest absolute Gasteiger partial charge is 0.286 e. The van der Waals surface area contributed by atoms with Gasteiger partial charge in [-0.2, -0.15) is 0 Å². The summed E-state index contributed by atoms with van der Waals surface area (Å²) in [7, 11) is 0. The minimum atomic E-state index is 1.00. The molecule has 0 atom stereocenters. The predicted octanol–water partition coefficient (Wildman–Crippen LogP) is 4.13. The van der Waals surface area contributed by atoms with Gasteiger partial charge in [-0.15, -0.1) is 11.3 Å². The number of hydrogen-bond donors (Lipinski definition) is 0. The molecular formula is C12H9BrN2S. The molecule has 16 heavy (non-hydrogen) atoms. The third-order valence-corrected chi connectivity index (χ3v) is 4.08. The maximum atomic E-state index is 4.48. The van der Waals surface area contributed by atoms with Crippen LogP contribution in [0.25, 0.3) is 16.2 Å². The Balaban J connectivity index is 2.32. The molecule has 3 aromatic rings. The molecule has 0 fully saturated rings. The van der Waals surface area contributed by atoms with E-state index in [1.165, 1.54) is 9.75 Å². The minimum absolute atomic E-state index is 1.00. The highest BCUT2D eigenvalue weighted by molar-refractivity contribution is 9.10. The van der Waals surface area contributed by atoms with Gasteiger partial charge in [0.1, 0.15) is 0 Å². The first-order chi connectivity index (χ1) is 7.75. The third-order valence-electron chi connectivity index (χ3n) is 2.46. The van der Waals surface area contributed by atoms with E-state index < -0.39 is 0 Å². The molecule has 0 aromatic carbocycles. The molecule has 3 heterocycles. The highest BCUT2D eigenvalue weighted by Crippen LogP contribution is 2.29. The maximum Gasteiger partial charge on any atom is 0.155 e. The van der Waals surface area contributed by atoms with Crippen molar-refractivity contribution in [3.8, 4) is 10.7 Å². The van der Waals surface area contributed by atoms with E-state index in [9.17, 15) is 0 Å². The number of imidazole rings is 1. The van der Waals surface area contributed by atoms with Gasteiger partial charge in [0.25, 0.3) is 0 Å². The Morgan fingerprint density at radius 2 is 2.12 bits per heavy atom. The van der Waals surface area contributed by atoms with E-state index in [4.69, 9.17) is 0 Å². The van der Waals surface area contributed by atoms with E-state index in [0.29, 0.717) is 0 Å². The van der Waals surface area contributed by atoms with Crippen molar-refractivity contribution in [2.75, 3.05) is 0 Å². The highest BCUT2D eigenvalue weighted by atomic mass is 79.9. The summed E-state index contributed by atoms with van der Waals surface area (Å²) >= 11 is 5.32. The molecule has 0 saturated heterocycles. The molecule has 0 bridgehead atoms. The van der Waals surface area contributed by atoms with E-state index in [1.807, 2.05) is 18.3 Å². The number of aromatic nitrogens is 2. The second-order valence-corrected chi connectivity index (χ2v) is 5.70. The fourth-order valence-corrected chi connectivity index (χ4v) is 3.12. The molecule has 0 aliphatic heterocycles. The van der Waals surface area contributed by atoms with E-state index in [0.717, 1.165) is 15.9 Å². The van der Waals surface area contributed by atoms with Gasteiger partial charge in [-0.1, -0.05) is 6.07 Å². The number of aryl methyl sites for hydroxylation is 1. The summed E-state index contributed by atoms with van der Waals surface area (Å²) in [6.07, 6.45) is 1.90. The van der Waals surface area contributed by atoms with Crippen molar-refractivity contribution in [2.45, 2.75) is 6.92 Å². The number of halogens is 1. The Kier molecular flexibility index (Phi) is 2.33. The number of pyridine rings is 1. The summed E-state index contributed by atoms with van der Waals surface area (Å²) in [5, 5.41) is 0. The van der Waals surface area contributed by atoms with Gasteiger partial charge < -0.3 is 0 Å². The zero-order valence-corrected chi connectivity index (χ0v) is 11.0. The molecule has 0 N–H and O–H groups in total. The number of nitrogens with zero attached hydrogens (tertiary/aromatic N) is 2. The lowest BCUT2D eigenvalue weighted by molar-refractivity contribution is 1.13. The van der Waals surface area contributed by atoms with Gasteiger partial charge in [-0.3, -0.25) is 4.40 Å². The Hall–Kier alpha value is -1.13. The van der Waals surface area contributed by atoms with Crippen molar-refractivity contribution in [3.63, 3.8) is 0 Å². The predicted molar refractivity (Wildman–Crippen MR) is 70.9 cm³/mol. The van der Waals surface area contributed by atoms with Gasteiger partial charge in [0.05, 0.1) is 21.2 Å². The molecular weight excluding hydrogens is 284 g/mol. The van der Waals surface area contributed by atoms with Crippen LogP contribution in [0.4, 0.5) is 0 Å². The van der Waals surface area contributed by atoms with Crippen LogP contribution >= 0.6 is 27.3 Å². The summed E-state index contributed by atoms with van der Waals surface area (Å²) in [4.78, 5) is 6.99. The van der Waals surface area contributed by atoms with Gasteiger partial charge in [0, 0.05) is 4.88 Å². The van der Waals surface area contributed by atoms with Crippen molar-refractivity contribution in [2.24, 2.45) is 0 Å².